The van der Waals surface area contributed by atoms with Crippen LogP contribution in [0.2, 0.25) is 5.02 Å². The fourth-order valence-electron chi connectivity index (χ4n) is 1.99. The van der Waals surface area contributed by atoms with Gasteiger partial charge >= 0.3 is 0 Å². The molecule has 2 heterocycles. The SMILES string of the molecule is ClCc1nc2ccc(Cl)cc2n1Cc1ccsc1. The number of rotatable bonds is 3. The lowest BCUT2D eigenvalue weighted by atomic mass is 10.3. The summed E-state index contributed by atoms with van der Waals surface area (Å²) >= 11 is 13.7. The molecule has 0 atom stereocenters. The van der Waals surface area contributed by atoms with Crippen molar-refractivity contribution in [3.8, 4) is 0 Å². The largest absolute Gasteiger partial charge is 0.322 e. The minimum atomic E-state index is 0.399. The molecule has 0 aliphatic heterocycles. The van der Waals surface area contributed by atoms with Gasteiger partial charge in [0.2, 0.25) is 0 Å². The highest BCUT2D eigenvalue weighted by Gasteiger charge is 2.10. The highest BCUT2D eigenvalue weighted by molar-refractivity contribution is 7.07. The van der Waals surface area contributed by atoms with Gasteiger partial charge in [0.25, 0.3) is 0 Å². The first-order valence-corrected chi connectivity index (χ1v) is 7.35. The van der Waals surface area contributed by atoms with Crippen LogP contribution in [-0.2, 0) is 12.4 Å². The Kier molecular flexibility index (Phi) is 3.29. The fraction of sp³-hybridized carbons (Fsp3) is 0.154. The third-order valence-electron chi connectivity index (χ3n) is 2.83. The van der Waals surface area contributed by atoms with E-state index in [1.54, 1.807) is 11.3 Å². The first-order chi connectivity index (χ1) is 8.78. The summed E-state index contributed by atoms with van der Waals surface area (Å²) < 4.78 is 2.12. The van der Waals surface area contributed by atoms with Crippen LogP contribution in [0, 0.1) is 0 Å². The minimum Gasteiger partial charge on any atom is -0.322 e. The Morgan fingerprint density at radius 2 is 2.17 bits per heavy atom. The maximum absolute atomic E-state index is 6.05. The summed E-state index contributed by atoms with van der Waals surface area (Å²) in [5.74, 6) is 1.27. The monoisotopic (exact) mass is 296 g/mol. The van der Waals surface area contributed by atoms with Crippen molar-refractivity contribution in [3.63, 3.8) is 0 Å². The van der Waals surface area contributed by atoms with Crippen molar-refractivity contribution >= 4 is 45.6 Å². The summed E-state index contributed by atoms with van der Waals surface area (Å²) in [6.07, 6.45) is 0. The summed E-state index contributed by atoms with van der Waals surface area (Å²) in [6, 6.07) is 7.83. The summed E-state index contributed by atoms with van der Waals surface area (Å²) in [5.41, 5.74) is 3.22. The van der Waals surface area contributed by atoms with Gasteiger partial charge in [0.15, 0.2) is 0 Å². The van der Waals surface area contributed by atoms with Crippen molar-refractivity contribution in [2.45, 2.75) is 12.4 Å². The van der Waals surface area contributed by atoms with Gasteiger partial charge in [0.1, 0.15) is 5.82 Å². The Labute approximate surface area is 119 Å². The van der Waals surface area contributed by atoms with Crippen molar-refractivity contribution < 1.29 is 0 Å². The molecular weight excluding hydrogens is 287 g/mol. The third kappa shape index (κ3) is 2.14. The van der Waals surface area contributed by atoms with Gasteiger partial charge in [-0.2, -0.15) is 11.3 Å². The molecule has 0 unspecified atom stereocenters. The quantitative estimate of drug-likeness (QED) is 0.649. The molecule has 0 N–H and O–H groups in total. The van der Waals surface area contributed by atoms with Crippen molar-refractivity contribution in [2.75, 3.05) is 0 Å². The second-order valence-electron chi connectivity index (χ2n) is 4.01. The van der Waals surface area contributed by atoms with Crippen LogP contribution in [0.3, 0.4) is 0 Å². The number of halogens is 2. The number of imidazole rings is 1. The van der Waals surface area contributed by atoms with Crippen molar-refractivity contribution in [1.82, 2.24) is 9.55 Å². The number of nitrogens with zero attached hydrogens (tertiary/aromatic N) is 2. The zero-order valence-corrected chi connectivity index (χ0v) is 11.8. The molecule has 0 radical (unpaired) electrons. The number of thiophene rings is 1. The molecule has 0 amide bonds. The van der Waals surface area contributed by atoms with Gasteiger partial charge < -0.3 is 4.57 Å². The molecule has 0 fully saturated rings. The van der Waals surface area contributed by atoms with E-state index in [0.717, 1.165) is 28.4 Å². The standard InChI is InChI=1S/C13H10Cl2N2S/c14-6-13-16-11-2-1-10(15)5-12(11)17(13)7-9-3-4-18-8-9/h1-5,8H,6-7H2. The number of benzene rings is 1. The van der Waals surface area contributed by atoms with Crippen LogP contribution >= 0.6 is 34.5 Å². The van der Waals surface area contributed by atoms with Crippen LogP contribution in [0.15, 0.2) is 35.0 Å². The average Bonchev–Trinajstić information content (AvgIpc) is 2.98. The molecule has 0 saturated carbocycles. The normalized spacial score (nSPS) is 11.2. The zero-order chi connectivity index (χ0) is 12.5. The van der Waals surface area contributed by atoms with E-state index in [4.69, 9.17) is 23.2 Å². The fourth-order valence-corrected chi connectivity index (χ4v) is 3.02. The first kappa shape index (κ1) is 12.0. The lowest BCUT2D eigenvalue weighted by molar-refractivity contribution is 0.781. The van der Waals surface area contributed by atoms with Crippen LogP contribution in [0.5, 0.6) is 0 Å². The van der Waals surface area contributed by atoms with E-state index in [-0.39, 0.29) is 0 Å². The maximum atomic E-state index is 6.05. The molecule has 2 nitrogen and oxygen atoms in total. The number of fused-ring (bicyclic) bond motifs is 1. The van der Waals surface area contributed by atoms with Gasteiger partial charge in [-0.15, -0.1) is 11.6 Å². The predicted molar refractivity (Wildman–Crippen MR) is 77.7 cm³/mol. The maximum Gasteiger partial charge on any atom is 0.125 e. The summed E-state index contributed by atoms with van der Waals surface area (Å²) in [7, 11) is 0. The Hall–Kier alpha value is -1.03. The van der Waals surface area contributed by atoms with Crippen LogP contribution in [0.4, 0.5) is 0 Å². The second kappa shape index (κ2) is 4.92. The summed E-state index contributed by atoms with van der Waals surface area (Å²) in [5, 5.41) is 4.92. The van der Waals surface area contributed by atoms with E-state index in [1.165, 1.54) is 5.56 Å². The molecule has 0 saturated heterocycles. The molecule has 18 heavy (non-hydrogen) atoms. The molecule has 1 aromatic carbocycles. The van der Waals surface area contributed by atoms with Crippen LogP contribution in [0.25, 0.3) is 11.0 Å². The van der Waals surface area contributed by atoms with Gasteiger partial charge in [-0.25, -0.2) is 4.98 Å². The van der Waals surface area contributed by atoms with Crippen LogP contribution in [0.1, 0.15) is 11.4 Å². The number of hydrogen-bond acceptors (Lipinski definition) is 2. The van der Waals surface area contributed by atoms with Gasteiger partial charge in [0, 0.05) is 5.02 Å². The third-order valence-corrected chi connectivity index (χ3v) is 4.04. The van der Waals surface area contributed by atoms with E-state index in [1.807, 2.05) is 18.2 Å². The van der Waals surface area contributed by atoms with E-state index in [0.29, 0.717) is 5.88 Å². The lowest BCUT2D eigenvalue weighted by Crippen LogP contribution is -2.02. The number of aromatic nitrogens is 2. The molecule has 0 bridgehead atoms. The van der Waals surface area contributed by atoms with Gasteiger partial charge in [-0.1, -0.05) is 11.6 Å². The van der Waals surface area contributed by atoms with E-state index >= 15 is 0 Å². The van der Waals surface area contributed by atoms with Crippen molar-refractivity contribution in [1.29, 1.82) is 0 Å². The minimum absolute atomic E-state index is 0.399. The molecule has 3 rings (SSSR count). The zero-order valence-electron chi connectivity index (χ0n) is 9.44. The molecule has 3 aromatic rings. The van der Waals surface area contributed by atoms with Crippen molar-refractivity contribution in [3.05, 3.63) is 51.4 Å². The van der Waals surface area contributed by atoms with E-state index in [9.17, 15) is 0 Å². The van der Waals surface area contributed by atoms with Gasteiger partial charge in [0.05, 0.1) is 23.5 Å². The second-order valence-corrected chi connectivity index (χ2v) is 5.50. The Morgan fingerprint density at radius 3 is 2.89 bits per heavy atom. The molecule has 5 heteroatoms. The summed E-state index contributed by atoms with van der Waals surface area (Å²) in [4.78, 5) is 4.53. The van der Waals surface area contributed by atoms with Gasteiger partial charge in [-0.05, 0) is 40.6 Å². The highest BCUT2D eigenvalue weighted by atomic mass is 35.5. The molecular formula is C13H10Cl2N2S. The van der Waals surface area contributed by atoms with Crippen LogP contribution in [-0.4, -0.2) is 9.55 Å². The molecule has 2 aromatic heterocycles. The Morgan fingerprint density at radius 1 is 1.28 bits per heavy atom. The predicted octanol–water partition coefficient (Wildman–Crippen LogP) is 4.54. The van der Waals surface area contributed by atoms with Crippen LogP contribution < -0.4 is 0 Å². The Bertz CT molecular complexity index is 674. The van der Waals surface area contributed by atoms with Gasteiger partial charge in [-0.3, -0.25) is 0 Å². The van der Waals surface area contributed by atoms with E-state index in [2.05, 4.69) is 26.4 Å². The topological polar surface area (TPSA) is 17.8 Å². The number of hydrogen-bond donors (Lipinski definition) is 0. The number of alkyl halides is 1. The smallest absolute Gasteiger partial charge is 0.125 e. The molecule has 0 aliphatic rings. The summed E-state index contributed by atoms with van der Waals surface area (Å²) in [6.45, 7) is 0.780. The molecule has 0 aliphatic carbocycles. The lowest BCUT2D eigenvalue weighted by Gasteiger charge is -2.06. The van der Waals surface area contributed by atoms with E-state index < -0.39 is 0 Å². The molecule has 0 spiro atoms. The Balaban J connectivity index is 2.15. The average molecular weight is 297 g/mol. The first-order valence-electron chi connectivity index (χ1n) is 5.49. The molecule has 92 valence electrons. The highest BCUT2D eigenvalue weighted by Crippen LogP contribution is 2.23. The van der Waals surface area contributed by atoms with Crippen molar-refractivity contribution in [2.24, 2.45) is 0 Å².